The summed E-state index contributed by atoms with van der Waals surface area (Å²) in [6.45, 7) is 7.30. The third-order valence-corrected chi connectivity index (χ3v) is 3.47. The Morgan fingerprint density at radius 3 is 2.19 bits per heavy atom. The Morgan fingerprint density at radius 1 is 1.24 bits per heavy atom. The molecule has 1 amide bonds. The minimum Gasteiger partial charge on any atom is -0.481 e. The Labute approximate surface area is 125 Å². The molecular formula is C16H24N2O3. The Hall–Kier alpha value is -1.88. The molecule has 21 heavy (non-hydrogen) atoms. The van der Waals surface area contributed by atoms with Gasteiger partial charge in [-0.25, -0.2) is 0 Å². The van der Waals surface area contributed by atoms with E-state index in [0.717, 1.165) is 0 Å². The van der Waals surface area contributed by atoms with Crippen LogP contribution in [0.15, 0.2) is 24.3 Å². The van der Waals surface area contributed by atoms with Gasteiger partial charge >= 0.3 is 5.97 Å². The first-order valence-corrected chi connectivity index (χ1v) is 7.05. The molecule has 0 aliphatic rings. The topological polar surface area (TPSA) is 92.4 Å². The number of carbonyl (C=O) groups excluding carboxylic acids is 1. The number of hydrogen-bond donors (Lipinski definition) is 3. The quantitative estimate of drug-likeness (QED) is 0.750. The first kappa shape index (κ1) is 17.2. The number of nitrogens with two attached hydrogens (primary N) is 1. The summed E-state index contributed by atoms with van der Waals surface area (Å²) in [6.07, 6.45) is 0.621. The average Bonchev–Trinajstić information content (AvgIpc) is 2.38. The van der Waals surface area contributed by atoms with Crippen LogP contribution >= 0.6 is 0 Å². The third kappa shape index (κ3) is 4.56. The third-order valence-electron chi connectivity index (χ3n) is 3.47. The van der Waals surface area contributed by atoms with E-state index in [4.69, 9.17) is 5.73 Å². The fourth-order valence-corrected chi connectivity index (χ4v) is 1.94. The molecular weight excluding hydrogens is 268 g/mol. The van der Waals surface area contributed by atoms with E-state index in [9.17, 15) is 14.7 Å². The van der Waals surface area contributed by atoms with Crippen molar-refractivity contribution in [3.05, 3.63) is 29.8 Å². The lowest BCUT2D eigenvalue weighted by Gasteiger charge is -2.20. The van der Waals surface area contributed by atoms with Crippen molar-refractivity contribution < 1.29 is 14.7 Å². The van der Waals surface area contributed by atoms with E-state index >= 15 is 0 Å². The number of carboxylic acids is 1. The highest BCUT2D eigenvalue weighted by molar-refractivity contribution is 5.94. The normalized spacial score (nSPS) is 13.0. The van der Waals surface area contributed by atoms with Crippen molar-refractivity contribution in [1.82, 2.24) is 0 Å². The van der Waals surface area contributed by atoms with Crippen molar-refractivity contribution in [2.75, 3.05) is 5.32 Å². The summed E-state index contributed by atoms with van der Waals surface area (Å²) in [5.74, 6) is -0.767. The molecule has 0 radical (unpaired) electrons. The zero-order valence-electron chi connectivity index (χ0n) is 13.0. The van der Waals surface area contributed by atoms with Crippen molar-refractivity contribution in [1.29, 1.82) is 0 Å². The lowest BCUT2D eigenvalue weighted by atomic mass is 9.85. The van der Waals surface area contributed by atoms with Crippen LogP contribution in [-0.4, -0.2) is 23.0 Å². The van der Waals surface area contributed by atoms with Gasteiger partial charge in [0.05, 0.1) is 11.5 Å². The number of aliphatic carboxylic acids is 1. The van der Waals surface area contributed by atoms with E-state index in [-0.39, 0.29) is 5.91 Å². The Balaban J connectivity index is 2.76. The molecule has 0 aliphatic carbocycles. The van der Waals surface area contributed by atoms with Gasteiger partial charge in [-0.05, 0) is 43.9 Å². The SMILES string of the molecule is CC(C)C[C@@H](N)C(=O)Nc1ccc(C(C)(C)C(=O)O)cc1. The second-order valence-electron chi connectivity index (χ2n) is 6.23. The van der Waals surface area contributed by atoms with Crippen LogP contribution in [0.4, 0.5) is 5.69 Å². The fourth-order valence-electron chi connectivity index (χ4n) is 1.94. The molecule has 1 rings (SSSR count). The van der Waals surface area contributed by atoms with Gasteiger partial charge in [0.2, 0.25) is 5.91 Å². The van der Waals surface area contributed by atoms with Crippen LogP contribution in [0.1, 0.15) is 39.7 Å². The minimum atomic E-state index is -0.962. The van der Waals surface area contributed by atoms with Crippen LogP contribution in [0, 0.1) is 5.92 Å². The zero-order valence-corrected chi connectivity index (χ0v) is 13.0. The molecule has 0 unspecified atom stereocenters. The summed E-state index contributed by atoms with van der Waals surface area (Å²) in [7, 11) is 0. The zero-order chi connectivity index (χ0) is 16.2. The van der Waals surface area contributed by atoms with E-state index in [1.165, 1.54) is 0 Å². The van der Waals surface area contributed by atoms with E-state index in [1.54, 1.807) is 38.1 Å². The summed E-state index contributed by atoms with van der Waals surface area (Å²) in [6, 6.07) is 6.26. The molecule has 1 aromatic carbocycles. The molecule has 0 heterocycles. The van der Waals surface area contributed by atoms with Crippen LogP contribution in [0.3, 0.4) is 0 Å². The maximum Gasteiger partial charge on any atom is 0.313 e. The van der Waals surface area contributed by atoms with Crippen LogP contribution in [0.25, 0.3) is 0 Å². The van der Waals surface area contributed by atoms with E-state index in [1.807, 2.05) is 13.8 Å². The molecule has 0 bridgehead atoms. The van der Waals surface area contributed by atoms with Gasteiger partial charge in [0.15, 0.2) is 0 Å². The number of rotatable bonds is 6. The molecule has 0 aliphatic heterocycles. The summed E-state index contributed by atoms with van der Waals surface area (Å²) in [5.41, 5.74) is 6.15. The number of anilines is 1. The number of carbonyl (C=O) groups is 2. The lowest BCUT2D eigenvalue weighted by Crippen LogP contribution is -2.36. The molecule has 1 atom stereocenters. The van der Waals surface area contributed by atoms with E-state index < -0.39 is 17.4 Å². The van der Waals surface area contributed by atoms with Crippen molar-refractivity contribution in [3.63, 3.8) is 0 Å². The predicted octanol–water partition coefficient (Wildman–Crippen LogP) is 2.36. The number of amides is 1. The summed E-state index contributed by atoms with van der Waals surface area (Å²) >= 11 is 0. The van der Waals surface area contributed by atoms with Crippen molar-refractivity contribution >= 4 is 17.6 Å². The average molecular weight is 292 g/mol. The number of benzene rings is 1. The summed E-state index contributed by atoms with van der Waals surface area (Å²) in [5, 5.41) is 11.9. The molecule has 116 valence electrons. The van der Waals surface area contributed by atoms with Gasteiger partial charge in [-0.1, -0.05) is 26.0 Å². The Morgan fingerprint density at radius 2 is 1.76 bits per heavy atom. The monoisotopic (exact) mass is 292 g/mol. The molecule has 0 fully saturated rings. The van der Waals surface area contributed by atoms with Crippen LogP contribution in [0.2, 0.25) is 0 Å². The van der Waals surface area contributed by atoms with Gasteiger partial charge in [0.1, 0.15) is 0 Å². The highest BCUT2D eigenvalue weighted by Crippen LogP contribution is 2.24. The van der Waals surface area contributed by atoms with Gasteiger partial charge in [-0.3, -0.25) is 9.59 Å². The van der Waals surface area contributed by atoms with Gasteiger partial charge < -0.3 is 16.2 Å². The fraction of sp³-hybridized carbons (Fsp3) is 0.500. The first-order valence-electron chi connectivity index (χ1n) is 7.05. The lowest BCUT2D eigenvalue weighted by molar-refractivity contribution is -0.142. The van der Waals surface area contributed by atoms with Crippen LogP contribution < -0.4 is 11.1 Å². The standard InChI is InChI=1S/C16H24N2O3/c1-10(2)9-13(17)14(19)18-12-7-5-11(6-8-12)16(3,4)15(20)21/h5-8,10,13H,9,17H2,1-4H3,(H,18,19)(H,20,21)/t13-/m1/s1. The second-order valence-corrected chi connectivity index (χ2v) is 6.23. The highest BCUT2D eigenvalue weighted by atomic mass is 16.4. The molecule has 0 aromatic heterocycles. The first-order chi connectivity index (χ1) is 9.64. The second kappa shape index (κ2) is 6.72. The molecule has 5 heteroatoms. The Bertz CT molecular complexity index is 507. The molecule has 5 nitrogen and oxygen atoms in total. The molecule has 0 spiro atoms. The van der Waals surface area contributed by atoms with Gasteiger partial charge in [-0.2, -0.15) is 0 Å². The van der Waals surface area contributed by atoms with Gasteiger partial charge in [-0.15, -0.1) is 0 Å². The summed E-state index contributed by atoms with van der Waals surface area (Å²) < 4.78 is 0. The minimum absolute atomic E-state index is 0.228. The molecule has 0 saturated heterocycles. The Kier molecular flexibility index (Phi) is 5.49. The number of hydrogen-bond acceptors (Lipinski definition) is 3. The predicted molar refractivity (Wildman–Crippen MR) is 83.2 cm³/mol. The van der Waals surface area contributed by atoms with Crippen LogP contribution in [0.5, 0.6) is 0 Å². The molecule has 1 aromatic rings. The van der Waals surface area contributed by atoms with Crippen molar-refractivity contribution in [3.8, 4) is 0 Å². The number of nitrogens with one attached hydrogen (secondary N) is 1. The highest BCUT2D eigenvalue weighted by Gasteiger charge is 2.29. The van der Waals surface area contributed by atoms with Crippen LogP contribution in [-0.2, 0) is 15.0 Å². The molecule has 4 N–H and O–H groups in total. The van der Waals surface area contributed by atoms with E-state index in [2.05, 4.69) is 5.32 Å². The van der Waals surface area contributed by atoms with E-state index in [0.29, 0.717) is 23.6 Å². The maximum absolute atomic E-state index is 11.9. The van der Waals surface area contributed by atoms with Crippen molar-refractivity contribution in [2.45, 2.75) is 45.6 Å². The summed E-state index contributed by atoms with van der Waals surface area (Å²) in [4.78, 5) is 23.1. The largest absolute Gasteiger partial charge is 0.481 e. The maximum atomic E-state index is 11.9. The van der Waals surface area contributed by atoms with Gasteiger partial charge in [0, 0.05) is 5.69 Å². The number of carboxylic acid groups (broad SMARTS) is 1. The smallest absolute Gasteiger partial charge is 0.313 e. The molecule has 0 saturated carbocycles. The van der Waals surface area contributed by atoms with Gasteiger partial charge in [0.25, 0.3) is 0 Å². The van der Waals surface area contributed by atoms with Crippen molar-refractivity contribution in [2.24, 2.45) is 11.7 Å².